The van der Waals surface area contributed by atoms with Gasteiger partial charge in [-0.2, -0.15) is 0 Å². The summed E-state index contributed by atoms with van der Waals surface area (Å²) in [7, 11) is 0. The van der Waals surface area contributed by atoms with Gasteiger partial charge in [-0.15, -0.1) is 0 Å². The number of rotatable bonds is 4. The van der Waals surface area contributed by atoms with Gasteiger partial charge in [0, 0.05) is 50.9 Å². The number of piperazine rings is 1. The van der Waals surface area contributed by atoms with Gasteiger partial charge in [0.2, 0.25) is 13.3 Å². The predicted octanol–water partition coefficient (Wildman–Crippen LogP) is 1.85. The Balaban J connectivity index is 1.54. The summed E-state index contributed by atoms with van der Waals surface area (Å²) in [6.07, 6.45) is 0.980. The van der Waals surface area contributed by atoms with Crippen LogP contribution >= 0.6 is 0 Å². The predicted molar refractivity (Wildman–Crippen MR) is 77.3 cm³/mol. The summed E-state index contributed by atoms with van der Waals surface area (Å²) in [5, 5.41) is 0. The summed E-state index contributed by atoms with van der Waals surface area (Å²) in [5.74, 6) is 1.69. The number of anilines is 1. The molecule has 0 saturated carbocycles. The highest BCUT2D eigenvalue weighted by Gasteiger charge is 2.20. The third-order valence-corrected chi connectivity index (χ3v) is 3.84. The lowest BCUT2D eigenvalue weighted by molar-refractivity contribution is 0.174. The maximum atomic E-state index is 6.80. The Morgan fingerprint density at radius 2 is 1.90 bits per heavy atom. The van der Waals surface area contributed by atoms with Crippen LogP contribution in [0.4, 0.5) is 5.69 Å². The highest BCUT2D eigenvalue weighted by Crippen LogP contribution is 2.35. The fourth-order valence-corrected chi connectivity index (χ4v) is 2.68. The lowest BCUT2D eigenvalue weighted by Crippen LogP contribution is -2.46. The van der Waals surface area contributed by atoms with Gasteiger partial charge in [0.25, 0.3) is 0 Å². The topological polar surface area (TPSA) is 29.3 Å². The molecule has 2 aliphatic rings. The second-order valence-electron chi connectivity index (χ2n) is 5.10. The molecule has 5 heteroatoms. The molecule has 0 radical (unpaired) electrons. The molecule has 2 aliphatic heterocycles. The minimum absolute atomic E-state index is 0.327. The first kappa shape index (κ1) is 13.1. The molecule has 3 rings (SSSR count). The molecule has 1 aromatic carbocycles. The molecule has 0 amide bonds. The van der Waals surface area contributed by atoms with Gasteiger partial charge < -0.3 is 19.2 Å². The van der Waals surface area contributed by atoms with E-state index >= 15 is 0 Å². The standard InChI is InChI=1S/C15H19N3O2/c1-16-5-2-6-17-7-9-18(10-8-17)13-3-4-14-15(11-13)20-12-19-14/h3-4,11H,2,5-10,12H2. The Morgan fingerprint density at radius 3 is 2.70 bits per heavy atom. The molecular weight excluding hydrogens is 254 g/mol. The van der Waals surface area contributed by atoms with Crippen LogP contribution in [0.15, 0.2) is 18.2 Å². The van der Waals surface area contributed by atoms with E-state index in [1.165, 1.54) is 5.69 Å². The summed E-state index contributed by atoms with van der Waals surface area (Å²) in [4.78, 5) is 8.22. The maximum absolute atomic E-state index is 6.80. The highest BCUT2D eigenvalue weighted by atomic mass is 16.7. The second-order valence-corrected chi connectivity index (χ2v) is 5.10. The van der Waals surface area contributed by atoms with Crippen LogP contribution in [0.5, 0.6) is 11.5 Å². The highest BCUT2D eigenvalue weighted by molar-refractivity contribution is 5.57. The van der Waals surface area contributed by atoms with Gasteiger partial charge in [-0.25, -0.2) is 6.57 Å². The van der Waals surface area contributed by atoms with Crippen LogP contribution in [0.25, 0.3) is 4.85 Å². The molecule has 0 unspecified atom stereocenters. The Morgan fingerprint density at radius 1 is 1.10 bits per heavy atom. The fourth-order valence-electron chi connectivity index (χ4n) is 2.68. The van der Waals surface area contributed by atoms with Crippen LogP contribution < -0.4 is 14.4 Å². The monoisotopic (exact) mass is 273 g/mol. The minimum Gasteiger partial charge on any atom is -0.454 e. The molecule has 1 saturated heterocycles. The first-order chi connectivity index (χ1) is 9.86. The number of hydrogen-bond acceptors (Lipinski definition) is 4. The summed E-state index contributed by atoms with van der Waals surface area (Å²) in [5.41, 5.74) is 1.20. The van der Waals surface area contributed by atoms with Crippen molar-refractivity contribution in [2.75, 3.05) is 51.0 Å². The van der Waals surface area contributed by atoms with Crippen molar-refractivity contribution in [3.05, 3.63) is 29.6 Å². The first-order valence-corrected chi connectivity index (χ1v) is 7.07. The third kappa shape index (κ3) is 2.81. The summed E-state index contributed by atoms with van der Waals surface area (Å²) in [6.45, 7) is 13.0. The Labute approximate surface area is 119 Å². The van der Waals surface area contributed by atoms with Crippen molar-refractivity contribution in [2.24, 2.45) is 0 Å². The third-order valence-electron chi connectivity index (χ3n) is 3.84. The number of benzene rings is 1. The van der Waals surface area contributed by atoms with Crippen molar-refractivity contribution in [1.82, 2.24) is 4.90 Å². The number of hydrogen-bond donors (Lipinski definition) is 0. The molecule has 0 N–H and O–H groups in total. The zero-order chi connectivity index (χ0) is 13.8. The Bertz CT molecular complexity index is 504. The van der Waals surface area contributed by atoms with E-state index in [0.29, 0.717) is 13.3 Å². The largest absolute Gasteiger partial charge is 0.454 e. The van der Waals surface area contributed by atoms with Crippen molar-refractivity contribution in [2.45, 2.75) is 6.42 Å². The number of nitrogens with zero attached hydrogens (tertiary/aromatic N) is 3. The number of fused-ring (bicyclic) bond motifs is 1. The van der Waals surface area contributed by atoms with E-state index in [4.69, 9.17) is 16.0 Å². The normalized spacial score (nSPS) is 18.1. The summed E-state index contributed by atoms with van der Waals surface area (Å²) < 4.78 is 10.8. The SMILES string of the molecule is [C-]#[N+]CCCN1CCN(c2ccc3c(c2)OCO3)CC1. The average molecular weight is 273 g/mol. The van der Waals surface area contributed by atoms with E-state index < -0.39 is 0 Å². The molecule has 2 heterocycles. The Hall–Kier alpha value is -1.93. The van der Waals surface area contributed by atoms with Crippen LogP contribution in [0.1, 0.15) is 6.42 Å². The van der Waals surface area contributed by atoms with Gasteiger partial charge in [-0.3, -0.25) is 4.90 Å². The van der Waals surface area contributed by atoms with Gasteiger partial charge in [0.05, 0.1) is 0 Å². The molecule has 0 bridgehead atoms. The lowest BCUT2D eigenvalue weighted by Gasteiger charge is -2.35. The molecule has 1 aromatic rings. The smallest absolute Gasteiger partial charge is 0.231 e. The zero-order valence-corrected chi connectivity index (χ0v) is 11.5. The molecule has 0 aromatic heterocycles. The summed E-state index contributed by atoms with van der Waals surface area (Å²) >= 11 is 0. The van der Waals surface area contributed by atoms with Crippen molar-refractivity contribution < 1.29 is 9.47 Å². The van der Waals surface area contributed by atoms with Gasteiger partial charge in [-0.1, -0.05) is 0 Å². The minimum atomic E-state index is 0.327. The van der Waals surface area contributed by atoms with Crippen LogP contribution in [-0.2, 0) is 0 Å². The molecule has 1 fully saturated rings. The Kier molecular flexibility index (Phi) is 3.93. The molecule has 106 valence electrons. The summed E-state index contributed by atoms with van der Waals surface area (Å²) in [6, 6.07) is 6.15. The lowest BCUT2D eigenvalue weighted by atomic mass is 10.2. The first-order valence-electron chi connectivity index (χ1n) is 7.07. The van der Waals surface area contributed by atoms with Gasteiger partial charge in [0.15, 0.2) is 11.5 Å². The number of ether oxygens (including phenoxy) is 2. The molecule has 0 spiro atoms. The second kappa shape index (κ2) is 6.02. The zero-order valence-electron chi connectivity index (χ0n) is 11.5. The van der Waals surface area contributed by atoms with Crippen molar-refractivity contribution in [3.63, 3.8) is 0 Å². The van der Waals surface area contributed by atoms with Crippen LogP contribution in [-0.4, -0.2) is 51.0 Å². The van der Waals surface area contributed by atoms with E-state index in [-0.39, 0.29) is 0 Å². The average Bonchev–Trinajstić information content (AvgIpc) is 2.96. The van der Waals surface area contributed by atoms with Crippen LogP contribution in [0.2, 0.25) is 0 Å². The molecule has 20 heavy (non-hydrogen) atoms. The quantitative estimate of drug-likeness (QED) is 0.618. The molecule has 0 atom stereocenters. The molecule has 0 aliphatic carbocycles. The van der Waals surface area contributed by atoms with E-state index in [0.717, 1.165) is 50.6 Å². The van der Waals surface area contributed by atoms with Gasteiger partial charge in [-0.05, 0) is 12.1 Å². The molecule has 5 nitrogen and oxygen atoms in total. The molecular formula is C15H19N3O2. The van der Waals surface area contributed by atoms with Crippen molar-refractivity contribution >= 4 is 5.69 Å². The van der Waals surface area contributed by atoms with E-state index in [9.17, 15) is 0 Å². The van der Waals surface area contributed by atoms with Crippen LogP contribution in [0.3, 0.4) is 0 Å². The fraction of sp³-hybridized carbons (Fsp3) is 0.533. The van der Waals surface area contributed by atoms with Gasteiger partial charge in [0.1, 0.15) is 0 Å². The van der Waals surface area contributed by atoms with E-state index in [2.05, 4.69) is 26.8 Å². The maximum Gasteiger partial charge on any atom is 0.231 e. The van der Waals surface area contributed by atoms with Gasteiger partial charge >= 0.3 is 0 Å². The van der Waals surface area contributed by atoms with E-state index in [1.807, 2.05) is 6.07 Å². The van der Waals surface area contributed by atoms with Crippen molar-refractivity contribution in [3.8, 4) is 11.5 Å². The van der Waals surface area contributed by atoms with Crippen molar-refractivity contribution in [1.29, 1.82) is 0 Å². The van der Waals surface area contributed by atoms with E-state index in [1.54, 1.807) is 0 Å². The van der Waals surface area contributed by atoms with Crippen LogP contribution in [0, 0.1) is 6.57 Å².